The van der Waals surface area contributed by atoms with Gasteiger partial charge in [0.15, 0.2) is 0 Å². The number of hydrogen-bond donors (Lipinski definition) is 1. The fraction of sp³-hybridized carbons (Fsp3) is 0.750. The van der Waals surface area contributed by atoms with Gasteiger partial charge >= 0.3 is 0 Å². The van der Waals surface area contributed by atoms with Crippen LogP contribution in [0, 0.1) is 0 Å². The molecule has 1 N–H and O–H groups in total. The van der Waals surface area contributed by atoms with Gasteiger partial charge in [0.1, 0.15) is 0 Å². The fourth-order valence-electron chi connectivity index (χ4n) is 3.74. The van der Waals surface area contributed by atoms with Gasteiger partial charge in [0.05, 0.1) is 4.90 Å². The summed E-state index contributed by atoms with van der Waals surface area (Å²) in [6.07, 6.45) is 22.5. The van der Waals surface area contributed by atoms with Crippen molar-refractivity contribution in [3.8, 4) is 0 Å². The largest absolute Gasteiger partial charge is 0.294 e. The Balaban J connectivity index is 1.88. The second kappa shape index (κ2) is 16.0. The summed E-state index contributed by atoms with van der Waals surface area (Å²) in [7, 11) is -4.09. The molecule has 3 nitrogen and oxygen atoms in total. The predicted molar refractivity (Wildman–Crippen MR) is 120 cm³/mol. The quantitative estimate of drug-likeness (QED) is 0.199. The van der Waals surface area contributed by atoms with Crippen molar-refractivity contribution in [2.24, 2.45) is 0 Å². The van der Waals surface area contributed by atoms with E-state index in [2.05, 4.69) is 6.92 Å². The molecule has 0 amide bonds. The molecule has 1 aromatic rings. The molecule has 4 heteroatoms. The molecule has 0 saturated heterocycles. The third kappa shape index (κ3) is 13.3. The number of benzene rings is 1. The molecule has 0 unspecified atom stereocenters. The summed E-state index contributed by atoms with van der Waals surface area (Å²) < 4.78 is 31.4. The van der Waals surface area contributed by atoms with Crippen LogP contribution >= 0.6 is 0 Å². The molecule has 0 aromatic heterocycles. The third-order valence-corrected chi connectivity index (χ3v) is 6.36. The Morgan fingerprint density at radius 1 is 0.679 bits per heavy atom. The van der Waals surface area contributed by atoms with Crippen molar-refractivity contribution in [3.63, 3.8) is 0 Å². The normalized spacial score (nSPS) is 11.8. The van der Waals surface area contributed by atoms with Crippen LogP contribution in [0.1, 0.15) is 115 Å². The highest BCUT2D eigenvalue weighted by Crippen LogP contribution is 2.16. The van der Waals surface area contributed by atoms with Gasteiger partial charge in [-0.3, -0.25) is 4.55 Å². The van der Waals surface area contributed by atoms with Gasteiger partial charge in [-0.2, -0.15) is 8.42 Å². The van der Waals surface area contributed by atoms with Crippen molar-refractivity contribution < 1.29 is 13.0 Å². The molecule has 0 aliphatic carbocycles. The van der Waals surface area contributed by atoms with Crippen LogP contribution < -0.4 is 0 Å². The zero-order valence-electron chi connectivity index (χ0n) is 18.0. The molecule has 1 aromatic carbocycles. The van der Waals surface area contributed by atoms with E-state index in [1.807, 2.05) is 6.07 Å². The lowest BCUT2D eigenvalue weighted by Crippen LogP contribution is -1.98. The topological polar surface area (TPSA) is 54.4 Å². The van der Waals surface area contributed by atoms with E-state index in [1.54, 1.807) is 12.1 Å². The summed E-state index contributed by atoms with van der Waals surface area (Å²) in [6.45, 7) is 2.27. The Labute approximate surface area is 174 Å². The Hall–Kier alpha value is -0.870. The van der Waals surface area contributed by atoms with Gasteiger partial charge in [0.2, 0.25) is 0 Å². The molecule has 28 heavy (non-hydrogen) atoms. The van der Waals surface area contributed by atoms with E-state index in [1.165, 1.54) is 102 Å². The average molecular weight is 411 g/mol. The van der Waals surface area contributed by atoms with E-state index >= 15 is 0 Å². The Morgan fingerprint density at radius 3 is 1.54 bits per heavy atom. The molecule has 0 atom stereocenters. The van der Waals surface area contributed by atoms with Crippen LogP contribution in [0.3, 0.4) is 0 Å². The lowest BCUT2D eigenvalue weighted by atomic mass is 10.0. The zero-order valence-corrected chi connectivity index (χ0v) is 18.8. The van der Waals surface area contributed by atoms with Crippen LogP contribution in [0.15, 0.2) is 29.2 Å². The van der Waals surface area contributed by atoms with Crippen molar-refractivity contribution in [2.75, 3.05) is 0 Å². The lowest BCUT2D eigenvalue weighted by Gasteiger charge is -2.05. The number of rotatable bonds is 18. The zero-order chi connectivity index (χ0) is 20.5. The first-order valence-corrected chi connectivity index (χ1v) is 13.0. The molecule has 0 saturated carbocycles. The fourth-order valence-corrected chi connectivity index (χ4v) is 4.29. The van der Waals surface area contributed by atoms with Crippen LogP contribution in [-0.4, -0.2) is 13.0 Å². The molecule has 0 bridgehead atoms. The smallest absolute Gasteiger partial charge is 0.282 e. The van der Waals surface area contributed by atoms with E-state index in [4.69, 9.17) is 4.55 Å². The van der Waals surface area contributed by atoms with E-state index in [0.29, 0.717) is 0 Å². The summed E-state index contributed by atoms with van der Waals surface area (Å²) in [6, 6.07) is 6.65. The molecule has 0 aliphatic rings. The van der Waals surface area contributed by atoms with Crippen LogP contribution in [0.25, 0.3) is 0 Å². The second-order valence-corrected chi connectivity index (χ2v) is 9.60. The van der Waals surface area contributed by atoms with Gasteiger partial charge in [0, 0.05) is 0 Å². The Morgan fingerprint density at radius 2 is 1.11 bits per heavy atom. The van der Waals surface area contributed by atoms with Crippen molar-refractivity contribution in [2.45, 2.75) is 121 Å². The monoisotopic (exact) mass is 410 g/mol. The molecule has 0 heterocycles. The molecule has 0 radical (unpaired) electrons. The lowest BCUT2D eigenvalue weighted by molar-refractivity contribution is 0.483. The molecular formula is C24H42O3S. The van der Waals surface area contributed by atoms with Crippen molar-refractivity contribution in [1.29, 1.82) is 0 Å². The van der Waals surface area contributed by atoms with Gasteiger partial charge in [-0.25, -0.2) is 0 Å². The van der Waals surface area contributed by atoms with Crippen LogP contribution in [0.4, 0.5) is 0 Å². The minimum Gasteiger partial charge on any atom is -0.282 e. The van der Waals surface area contributed by atoms with Crippen molar-refractivity contribution in [1.82, 2.24) is 0 Å². The van der Waals surface area contributed by atoms with Gasteiger partial charge < -0.3 is 0 Å². The molecule has 1 rings (SSSR count). The highest BCUT2D eigenvalue weighted by Gasteiger charge is 2.09. The molecule has 0 aliphatic heterocycles. The first kappa shape index (κ1) is 25.2. The van der Waals surface area contributed by atoms with Crippen LogP contribution in [0.5, 0.6) is 0 Å². The summed E-state index contributed by atoms with van der Waals surface area (Å²) in [5.41, 5.74) is 0.987. The first-order chi connectivity index (χ1) is 13.5. The molecular weight excluding hydrogens is 368 g/mol. The van der Waals surface area contributed by atoms with Crippen LogP contribution in [-0.2, 0) is 16.5 Å². The molecule has 0 spiro atoms. The first-order valence-electron chi connectivity index (χ1n) is 11.6. The van der Waals surface area contributed by atoms with Crippen molar-refractivity contribution in [3.05, 3.63) is 29.8 Å². The van der Waals surface area contributed by atoms with E-state index in [9.17, 15) is 8.42 Å². The maximum atomic E-state index is 11.2. The van der Waals surface area contributed by atoms with Gasteiger partial charge in [0.25, 0.3) is 10.1 Å². The van der Waals surface area contributed by atoms with Gasteiger partial charge in [-0.05, 0) is 30.5 Å². The summed E-state index contributed by atoms with van der Waals surface area (Å²) >= 11 is 0. The Bertz CT molecular complexity index is 596. The van der Waals surface area contributed by atoms with E-state index in [-0.39, 0.29) is 4.90 Å². The summed E-state index contributed by atoms with van der Waals surface area (Å²) in [5, 5.41) is 0. The summed E-state index contributed by atoms with van der Waals surface area (Å²) in [5.74, 6) is 0. The summed E-state index contributed by atoms with van der Waals surface area (Å²) in [4.78, 5) is 0.00138. The highest BCUT2D eigenvalue weighted by atomic mass is 32.2. The number of unbranched alkanes of at least 4 members (excludes halogenated alkanes) is 15. The number of hydrogen-bond acceptors (Lipinski definition) is 2. The maximum absolute atomic E-state index is 11.2. The molecule has 0 fully saturated rings. The van der Waals surface area contributed by atoms with Gasteiger partial charge in [-0.1, -0.05) is 115 Å². The Kier molecular flexibility index (Phi) is 14.4. The van der Waals surface area contributed by atoms with E-state index < -0.39 is 10.1 Å². The highest BCUT2D eigenvalue weighted by molar-refractivity contribution is 7.85. The van der Waals surface area contributed by atoms with Gasteiger partial charge in [-0.15, -0.1) is 0 Å². The maximum Gasteiger partial charge on any atom is 0.294 e. The van der Waals surface area contributed by atoms with Crippen molar-refractivity contribution >= 4 is 10.1 Å². The minimum absolute atomic E-state index is 0.00138. The number of aryl methyl sites for hydroxylation is 1. The second-order valence-electron chi connectivity index (χ2n) is 8.18. The SMILES string of the molecule is CCCCCCCCCCCCCCCCCCc1cccc(S(=O)(=O)O)c1. The predicted octanol–water partition coefficient (Wildman–Crippen LogP) is 7.74. The molecule has 162 valence electrons. The third-order valence-electron chi connectivity index (χ3n) is 5.52. The minimum atomic E-state index is -4.09. The standard InChI is InChI=1S/C24H42O3S/c1-2-3-4-5-6-7-8-9-10-11-12-13-14-15-16-17-19-23-20-18-21-24(22-23)28(25,26)27/h18,20-22H,2-17,19H2,1H3,(H,25,26,27). The average Bonchev–Trinajstić information content (AvgIpc) is 2.67. The van der Waals surface area contributed by atoms with E-state index in [0.717, 1.165) is 18.4 Å². The van der Waals surface area contributed by atoms with Crippen LogP contribution in [0.2, 0.25) is 0 Å².